The van der Waals surface area contributed by atoms with Crippen molar-refractivity contribution in [2.24, 2.45) is 5.92 Å². The molecule has 0 saturated heterocycles. The molecule has 0 bridgehead atoms. The van der Waals surface area contributed by atoms with Crippen LogP contribution < -0.4 is 0 Å². The van der Waals surface area contributed by atoms with Gasteiger partial charge in [0.05, 0.1) is 4.90 Å². The number of carbonyl (C=O) groups is 1. The first kappa shape index (κ1) is 12.0. The van der Waals surface area contributed by atoms with Gasteiger partial charge in [0.25, 0.3) is 0 Å². The number of carboxylic acids is 1. The van der Waals surface area contributed by atoms with Crippen molar-refractivity contribution in [2.75, 3.05) is 0 Å². The first-order valence-electron chi connectivity index (χ1n) is 5.06. The molecule has 1 N–H and O–H groups in total. The van der Waals surface area contributed by atoms with Crippen LogP contribution in [-0.4, -0.2) is 24.2 Å². The molecule has 2 rings (SSSR count). The zero-order valence-electron chi connectivity index (χ0n) is 9.05. The number of benzene rings is 1. The van der Waals surface area contributed by atoms with E-state index in [1.54, 1.807) is 6.92 Å². The van der Waals surface area contributed by atoms with Crippen LogP contribution in [0.1, 0.15) is 13.3 Å². The van der Waals surface area contributed by atoms with Crippen molar-refractivity contribution in [3.63, 3.8) is 0 Å². The fraction of sp³-hybridized carbons (Fsp3) is 0.364. The second-order valence-electron chi connectivity index (χ2n) is 4.26. The number of halogens is 1. The first-order valence-corrected chi connectivity index (χ1v) is 6.54. The van der Waals surface area contributed by atoms with Gasteiger partial charge in [-0.15, -0.1) is 0 Å². The smallest absolute Gasteiger partial charge is 0.325 e. The maximum absolute atomic E-state index is 12.7. The van der Waals surface area contributed by atoms with Crippen molar-refractivity contribution in [3.8, 4) is 0 Å². The van der Waals surface area contributed by atoms with E-state index in [2.05, 4.69) is 0 Å². The van der Waals surface area contributed by atoms with Crippen LogP contribution in [0, 0.1) is 11.7 Å². The summed E-state index contributed by atoms with van der Waals surface area (Å²) in [6.07, 6.45) is 0.0992. The summed E-state index contributed by atoms with van der Waals surface area (Å²) in [6.45, 7) is 1.58. The van der Waals surface area contributed by atoms with Gasteiger partial charge in [0, 0.05) is 0 Å². The molecule has 1 saturated carbocycles. The zero-order valence-corrected chi connectivity index (χ0v) is 9.87. The number of rotatable bonds is 3. The van der Waals surface area contributed by atoms with E-state index in [9.17, 15) is 17.6 Å². The lowest BCUT2D eigenvalue weighted by Crippen LogP contribution is -2.34. The molecule has 1 aromatic carbocycles. The molecule has 4 nitrogen and oxygen atoms in total. The molecule has 1 aliphatic rings. The first-order chi connectivity index (χ1) is 7.82. The highest BCUT2D eigenvalue weighted by atomic mass is 32.2. The number of hydrogen-bond acceptors (Lipinski definition) is 3. The predicted octanol–water partition coefficient (Wildman–Crippen LogP) is 1.46. The summed E-state index contributed by atoms with van der Waals surface area (Å²) in [5, 5.41) is 9.07. The third-order valence-corrected chi connectivity index (χ3v) is 5.81. The van der Waals surface area contributed by atoms with Crippen LogP contribution in [0.25, 0.3) is 0 Å². The van der Waals surface area contributed by atoms with Crippen molar-refractivity contribution >= 4 is 15.8 Å². The molecule has 1 aliphatic carbocycles. The Morgan fingerprint density at radius 2 is 1.88 bits per heavy atom. The van der Waals surface area contributed by atoms with Crippen molar-refractivity contribution in [1.82, 2.24) is 0 Å². The fourth-order valence-corrected chi connectivity index (χ4v) is 4.15. The summed E-state index contributed by atoms with van der Waals surface area (Å²) >= 11 is 0. The van der Waals surface area contributed by atoms with Crippen molar-refractivity contribution in [1.29, 1.82) is 0 Å². The normalized spacial score (nSPS) is 27.8. The Labute approximate surface area is 98.0 Å². The second kappa shape index (κ2) is 3.53. The summed E-state index contributed by atoms with van der Waals surface area (Å²) in [5.74, 6) is -2.32. The van der Waals surface area contributed by atoms with E-state index in [4.69, 9.17) is 5.11 Å². The average Bonchev–Trinajstić information content (AvgIpc) is 2.93. The Morgan fingerprint density at radius 3 is 2.24 bits per heavy atom. The van der Waals surface area contributed by atoms with Gasteiger partial charge in [0.15, 0.2) is 14.6 Å². The lowest BCUT2D eigenvalue weighted by Gasteiger charge is -2.12. The van der Waals surface area contributed by atoms with Gasteiger partial charge in [-0.25, -0.2) is 12.8 Å². The van der Waals surface area contributed by atoms with Crippen LogP contribution >= 0.6 is 0 Å². The summed E-state index contributed by atoms with van der Waals surface area (Å²) in [6, 6.07) is 4.21. The minimum Gasteiger partial charge on any atom is -0.480 e. The monoisotopic (exact) mass is 258 g/mol. The lowest BCUT2D eigenvalue weighted by molar-refractivity contribution is -0.137. The Hall–Kier alpha value is -1.43. The van der Waals surface area contributed by atoms with Gasteiger partial charge >= 0.3 is 5.97 Å². The Morgan fingerprint density at radius 1 is 1.41 bits per heavy atom. The van der Waals surface area contributed by atoms with E-state index < -0.39 is 32.3 Å². The SMILES string of the molecule is CC1CC1(C(=O)O)S(=O)(=O)c1ccc(F)cc1. The van der Waals surface area contributed by atoms with E-state index in [1.165, 1.54) is 0 Å². The lowest BCUT2D eigenvalue weighted by atomic mass is 10.3. The van der Waals surface area contributed by atoms with Crippen LogP contribution in [0.4, 0.5) is 4.39 Å². The van der Waals surface area contributed by atoms with Gasteiger partial charge in [0.2, 0.25) is 0 Å². The average molecular weight is 258 g/mol. The maximum Gasteiger partial charge on any atom is 0.325 e. The molecule has 0 amide bonds. The molecular formula is C11H11FO4S. The summed E-state index contributed by atoms with van der Waals surface area (Å²) in [5.41, 5.74) is 0. The van der Waals surface area contributed by atoms with Gasteiger partial charge in [-0.2, -0.15) is 0 Å². The molecular weight excluding hydrogens is 247 g/mol. The van der Waals surface area contributed by atoms with Gasteiger partial charge in [0.1, 0.15) is 5.82 Å². The molecule has 0 radical (unpaired) electrons. The molecule has 6 heteroatoms. The molecule has 0 aromatic heterocycles. The number of sulfone groups is 1. The molecule has 17 heavy (non-hydrogen) atoms. The molecule has 2 atom stereocenters. The highest BCUT2D eigenvalue weighted by molar-refractivity contribution is 7.94. The number of aliphatic carboxylic acids is 1. The van der Waals surface area contributed by atoms with Crippen LogP contribution in [0.2, 0.25) is 0 Å². The van der Waals surface area contributed by atoms with Crippen molar-refractivity contribution in [3.05, 3.63) is 30.1 Å². The van der Waals surface area contributed by atoms with Gasteiger partial charge in [-0.1, -0.05) is 6.92 Å². The predicted molar refractivity (Wildman–Crippen MR) is 57.7 cm³/mol. The Balaban J connectivity index is 2.51. The van der Waals surface area contributed by atoms with Gasteiger partial charge in [-0.05, 0) is 36.6 Å². The number of carboxylic acid groups (broad SMARTS) is 1. The quantitative estimate of drug-likeness (QED) is 0.833. The van der Waals surface area contributed by atoms with Crippen LogP contribution in [-0.2, 0) is 14.6 Å². The summed E-state index contributed by atoms with van der Waals surface area (Å²) in [4.78, 5) is 11.0. The van der Waals surface area contributed by atoms with Crippen LogP contribution in [0.5, 0.6) is 0 Å². The molecule has 1 fully saturated rings. The molecule has 0 heterocycles. The second-order valence-corrected chi connectivity index (χ2v) is 6.46. The molecule has 2 unspecified atom stereocenters. The molecule has 92 valence electrons. The Kier molecular flexibility index (Phi) is 2.50. The standard InChI is InChI=1S/C11H11FO4S/c1-7-6-11(7,10(13)14)17(15,16)9-4-2-8(12)3-5-9/h2-5,7H,6H2,1H3,(H,13,14). The van der Waals surface area contributed by atoms with E-state index in [0.29, 0.717) is 0 Å². The molecule has 0 spiro atoms. The van der Waals surface area contributed by atoms with E-state index >= 15 is 0 Å². The van der Waals surface area contributed by atoms with E-state index in [-0.39, 0.29) is 11.3 Å². The fourth-order valence-electron chi connectivity index (χ4n) is 2.01. The third kappa shape index (κ3) is 1.55. The van der Waals surface area contributed by atoms with Crippen molar-refractivity contribution < 1.29 is 22.7 Å². The van der Waals surface area contributed by atoms with Gasteiger partial charge < -0.3 is 5.11 Å². The topological polar surface area (TPSA) is 71.4 Å². The van der Waals surface area contributed by atoms with E-state index in [0.717, 1.165) is 24.3 Å². The summed E-state index contributed by atoms with van der Waals surface area (Å²) < 4.78 is 35.3. The minimum atomic E-state index is -3.96. The van der Waals surface area contributed by atoms with Crippen LogP contribution in [0.15, 0.2) is 29.2 Å². The minimum absolute atomic E-state index is 0.0992. The summed E-state index contributed by atoms with van der Waals surface area (Å²) in [7, 11) is -3.96. The zero-order chi connectivity index (χ0) is 12.8. The largest absolute Gasteiger partial charge is 0.480 e. The third-order valence-electron chi connectivity index (χ3n) is 3.21. The highest BCUT2D eigenvalue weighted by Gasteiger charge is 2.67. The van der Waals surface area contributed by atoms with E-state index in [1.807, 2.05) is 0 Å². The van der Waals surface area contributed by atoms with Crippen molar-refractivity contribution in [2.45, 2.75) is 23.0 Å². The molecule has 0 aliphatic heterocycles. The van der Waals surface area contributed by atoms with Gasteiger partial charge in [-0.3, -0.25) is 4.79 Å². The Bertz CT molecular complexity index is 564. The van der Waals surface area contributed by atoms with Crippen LogP contribution in [0.3, 0.4) is 0 Å². The maximum atomic E-state index is 12.7. The highest BCUT2D eigenvalue weighted by Crippen LogP contribution is 2.52. The number of hydrogen-bond donors (Lipinski definition) is 1. The molecule has 1 aromatic rings.